The topological polar surface area (TPSA) is 67.9 Å². The lowest BCUT2D eigenvalue weighted by Crippen LogP contribution is -2.66. The molecule has 2 aliphatic rings. The molecule has 1 atom stereocenters. The SMILES string of the molecule is CCC(C(=O)N1CC2(CNC(=O)O2)C1)c1ccc(OC)cc1. The molecule has 22 heavy (non-hydrogen) atoms. The van der Waals surface area contributed by atoms with Gasteiger partial charge in [0.05, 0.1) is 32.7 Å². The first-order chi connectivity index (χ1) is 10.6. The molecular weight excluding hydrogens is 284 g/mol. The van der Waals surface area contributed by atoms with E-state index in [0.717, 1.165) is 17.7 Å². The van der Waals surface area contributed by atoms with Gasteiger partial charge in [0.15, 0.2) is 5.60 Å². The second kappa shape index (κ2) is 5.51. The predicted molar refractivity (Wildman–Crippen MR) is 79.8 cm³/mol. The molecule has 0 saturated carbocycles. The normalized spacial score (nSPS) is 20.1. The van der Waals surface area contributed by atoms with Crippen molar-refractivity contribution in [2.45, 2.75) is 24.9 Å². The van der Waals surface area contributed by atoms with Gasteiger partial charge in [0.1, 0.15) is 5.75 Å². The molecule has 2 aliphatic heterocycles. The average Bonchev–Trinajstić information content (AvgIpc) is 2.89. The van der Waals surface area contributed by atoms with E-state index in [1.165, 1.54) is 0 Å². The van der Waals surface area contributed by atoms with Crippen LogP contribution in [0, 0.1) is 0 Å². The third-order valence-electron chi connectivity index (χ3n) is 4.36. The predicted octanol–water partition coefficient (Wildman–Crippen LogP) is 1.51. The molecule has 2 saturated heterocycles. The fourth-order valence-corrected chi connectivity index (χ4v) is 3.09. The Morgan fingerprint density at radius 1 is 1.41 bits per heavy atom. The fraction of sp³-hybridized carbons (Fsp3) is 0.500. The number of ether oxygens (including phenoxy) is 2. The smallest absolute Gasteiger partial charge is 0.408 e. The maximum atomic E-state index is 12.7. The minimum absolute atomic E-state index is 0.0845. The van der Waals surface area contributed by atoms with Crippen LogP contribution in [0.4, 0.5) is 4.79 Å². The highest BCUT2D eigenvalue weighted by Gasteiger charge is 2.52. The summed E-state index contributed by atoms with van der Waals surface area (Å²) in [6.45, 7) is 3.42. The maximum Gasteiger partial charge on any atom is 0.408 e. The molecule has 118 valence electrons. The molecular formula is C16H20N2O4. The number of amides is 2. The standard InChI is InChI=1S/C16H20N2O4/c1-3-13(11-4-6-12(21-2)7-5-11)14(19)18-9-16(10-18)8-17-15(20)22-16/h4-7,13H,3,8-10H2,1-2H3,(H,17,20). The van der Waals surface area contributed by atoms with Gasteiger partial charge in [0.2, 0.25) is 5.91 Å². The Hall–Kier alpha value is -2.24. The first-order valence-electron chi connectivity index (χ1n) is 7.46. The summed E-state index contributed by atoms with van der Waals surface area (Å²) in [6, 6.07) is 7.59. The lowest BCUT2D eigenvalue weighted by molar-refractivity contribution is -0.151. The molecule has 0 radical (unpaired) electrons. The summed E-state index contributed by atoms with van der Waals surface area (Å²) in [5.41, 5.74) is 0.473. The van der Waals surface area contributed by atoms with Gasteiger partial charge in [-0.1, -0.05) is 19.1 Å². The first kappa shape index (κ1) is 14.7. The van der Waals surface area contributed by atoms with Gasteiger partial charge in [-0.05, 0) is 24.1 Å². The number of hydrogen-bond acceptors (Lipinski definition) is 4. The highest BCUT2D eigenvalue weighted by Crippen LogP contribution is 2.32. The Kier molecular flexibility index (Phi) is 3.68. The zero-order valence-electron chi connectivity index (χ0n) is 12.8. The number of carbonyl (C=O) groups is 2. The van der Waals surface area contributed by atoms with E-state index >= 15 is 0 Å². The quantitative estimate of drug-likeness (QED) is 0.915. The van der Waals surface area contributed by atoms with Gasteiger partial charge in [-0.3, -0.25) is 4.79 Å². The zero-order chi connectivity index (χ0) is 15.7. The molecule has 6 heteroatoms. The monoisotopic (exact) mass is 304 g/mol. The van der Waals surface area contributed by atoms with Crippen molar-refractivity contribution in [2.75, 3.05) is 26.7 Å². The fourth-order valence-electron chi connectivity index (χ4n) is 3.09. The Morgan fingerprint density at radius 3 is 2.59 bits per heavy atom. The molecule has 1 N–H and O–H groups in total. The lowest BCUT2D eigenvalue weighted by atomic mass is 9.89. The van der Waals surface area contributed by atoms with E-state index in [0.29, 0.717) is 19.6 Å². The Labute approximate surface area is 129 Å². The van der Waals surface area contributed by atoms with Crippen LogP contribution in [0.5, 0.6) is 5.75 Å². The molecule has 6 nitrogen and oxygen atoms in total. The van der Waals surface area contributed by atoms with Crippen molar-refractivity contribution < 1.29 is 19.1 Å². The van der Waals surface area contributed by atoms with E-state index in [9.17, 15) is 9.59 Å². The number of carbonyl (C=O) groups excluding carboxylic acids is 2. The molecule has 1 aromatic carbocycles. The zero-order valence-corrected chi connectivity index (χ0v) is 12.8. The van der Waals surface area contributed by atoms with Gasteiger partial charge >= 0.3 is 6.09 Å². The third-order valence-corrected chi connectivity index (χ3v) is 4.36. The van der Waals surface area contributed by atoms with Crippen LogP contribution in [0.1, 0.15) is 24.8 Å². The van der Waals surface area contributed by atoms with Gasteiger partial charge in [-0.2, -0.15) is 0 Å². The number of likely N-dealkylation sites (tertiary alicyclic amines) is 1. The van der Waals surface area contributed by atoms with E-state index in [2.05, 4.69) is 5.32 Å². The summed E-state index contributed by atoms with van der Waals surface area (Å²) >= 11 is 0. The number of benzene rings is 1. The van der Waals surface area contributed by atoms with Crippen LogP contribution >= 0.6 is 0 Å². The largest absolute Gasteiger partial charge is 0.497 e. The van der Waals surface area contributed by atoms with Crippen molar-refractivity contribution in [3.8, 4) is 5.75 Å². The van der Waals surface area contributed by atoms with Crippen molar-refractivity contribution in [1.82, 2.24) is 10.2 Å². The van der Waals surface area contributed by atoms with Crippen molar-refractivity contribution in [2.24, 2.45) is 0 Å². The second-order valence-corrected chi connectivity index (χ2v) is 5.85. The van der Waals surface area contributed by atoms with Crippen molar-refractivity contribution in [1.29, 1.82) is 0 Å². The third kappa shape index (κ3) is 2.49. The van der Waals surface area contributed by atoms with E-state index < -0.39 is 11.7 Å². The highest BCUT2D eigenvalue weighted by molar-refractivity contribution is 5.85. The van der Waals surface area contributed by atoms with E-state index in [4.69, 9.17) is 9.47 Å². The maximum absolute atomic E-state index is 12.7. The average molecular weight is 304 g/mol. The van der Waals surface area contributed by atoms with Gasteiger partial charge in [0.25, 0.3) is 0 Å². The van der Waals surface area contributed by atoms with Crippen LogP contribution in [-0.2, 0) is 9.53 Å². The minimum atomic E-state index is -0.509. The van der Waals surface area contributed by atoms with Crippen LogP contribution < -0.4 is 10.1 Å². The van der Waals surface area contributed by atoms with Crippen LogP contribution in [0.25, 0.3) is 0 Å². The summed E-state index contributed by atoms with van der Waals surface area (Å²) in [5.74, 6) is 0.687. The molecule has 1 aromatic rings. The number of nitrogens with one attached hydrogen (secondary N) is 1. The summed E-state index contributed by atoms with van der Waals surface area (Å²) < 4.78 is 10.4. The van der Waals surface area contributed by atoms with Crippen molar-refractivity contribution >= 4 is 12.0 Å². The molecule has 0 aliphatic carbocycles. The second-order valence-electron chi connectivity index (χ2n) is 5.85. The molecule has 1 unspecified atom stereocenters. The minimum Gasteiger partial charge on any atom is -0.497 e. The first-order valence-corrected chi connectivity index (χ1v) is 7.46. The van der Waals surface area contributed by atoms with Gasteiger partial charge in [-0.15, -0.1) is 0 Å². The Balaban J connectivity index is 1.66. The van der Waals surface area contributed by atoms with Crippen molar-refractivity contribution in [3.05, 3.63) is 29.8 Å². The van der Waals surface area contributed by atoms with Gasteiger partial charge < -0.3 is 19.7 Å². The van der Waals surface area contributed by atoms with E-state index in [1.54, 1.807) is 12.0 Å². The van der Waals surface area contributed by atoms with Crippen LogP contribution in [0.3, 0.4) is 0 Å². The summed E-state index contributed by atoms with van der Waals surface area (Å²) in [6.07, 6.45) is 0.335. The molecule has 3 rings (SSSR count). The van der Waals surface area contributed by atoms with Gasteiger partial charge in [0, 0.05) is 0 Å². The number of rotatable bonds is 4. The number of alkyl carbamates (subject to hydrolysis) is 1. The number of hydrogen-bond donors (Lipinski definition) is 1. The highest BCUT2D eigenvalue weighted by atomic mass is 16.6. The van der Waals surface area contributed by atoms with Crippen LogP contribution in [0.15, 0.2) is 24.3 Å². The number of nitrogens with zero attached hydrogens (tertiary/aromatic N) is 1. The molecule has 0 aromatic heterocycles. The summed E-state index contributed by atoms with van der Waals surface area (Å²) in [7, 11) is 1.62. The van der Waals surface area contributed by atoms with Crippen molar-refractivity contribution in [3.63, 3.8) is 0 Å². The van der Waals surface area contributed by atoms with E-state index in [-0.39, 0.29) is 11.8 Å². The Morgan fingerprint density at radius 2 is 2.09 bits per heavy atom. The molecule has 2 amide bonds. The molecule has 1 spiro atoms. The van der Waals surface area contributed by atoms with Crippen LogP contribution in [-0.4, -0.2) is 49.2 Å². The summed E-state index contributed by atoms with van der Waals surface area (Å²) in [4.78, 5) is 25.6. The molecule has 0 bridgehead atoms. The van der Waals surface area contributed by atoms with E-state index in [1.807, 2.05) is 31.2 Å². The van der Waals surface area contributed by atoms with Crippen LogP contribution in [0.2, 0.25) is 0 Å². The lowest BCUT2D eigenvalue weighted by Gasteiger charge is -2.46. The summed E-state index contributed by atoms with van der Waals surface area (Å²) in [5, 5.41) is 2.65. The number of methoxy groups -OCH3 is 1. The Bertz CT molecular complexity index is 578. The molecule has 2 fully saturated rings. The van der Waals surface area contributed by atoms with Gasteiger partial charge in [-0.25, -0.2) is 4.79 Å². The molecule has 2 heterocycles.